The minimum Gasteiger partial charge on any atom is -0.469 e. The van der Waals surface area contributed by atoms with Crippen molar-refractivity contribution in [1.82, 2.24) is 4.57 Å². The Morgan fingerprint density at radius 1 is 1.47 bits per heavy atom. The molecule has 1 rings (SSSR count). The molecule has 1 aromatic heterocycles. The first kappa shape index (κ1) is 17.2. The molecule has 0 N–H and O–H groups in total. The van der Waals surface area contributed by atoms with Gasteiger partial charge in [-0.15, -0.1) is 0 Å². The van der Waals surface area contributed by atoms with Gasteiger partial charge in [0.2, 0.25) is 0 Å². The average molecular weight is 264 g/mol. The molecule has 0 radical (unpaired) electrons. The monoisotopic (exact) mass is 264 g/mol. The Morgan fingerprint density at radius 2 is 2.05 bits per heavy atom. The van der Waals surface area contributed by atoms with Gasteiger partial charge in [-0.05, 0) is 18.4 Å². The number of nitriles is 1. The highest BCUT2D eigenvalue weighted by Crippen LogP contribution is 2.25. The third-order valence-electron chi connectivity index (χ3n) is 2.88. The molecule has 0 amide bonds. The van der Waals surface area contributed by atoms with Crippen molar-refractivity contribution in [3.8, 4) is 6.07 Å². The van der Waals surface area contributed by atoms with Crippen LogP contribution >= 0.6 is 0 Å². The molecular weight excluding hydrogens is 240 g/mol. The number of ether oxygens (including phenoxy) is 1. The first-order valence-corrected chi connectivity index (χ1v) is 6.67. The van der Waals surface area contributed by atoms with E-state index in [2.05, 4.69) is 24.7 Å². The molecule has 0 bridgehead atoms. The van der Waals surface area contributed by atoms with Gasteiger partial charge in [-0.2, -0.15) is 5.26 Å². The molecular formula is C15H24N2O2. The maximum atomic E-state index is 11.1. The van der Waals surface area contributed by atoms with Crippen molar-refractivity contribution in [2.45, 2.75) is 53.5 Å². The zero-order valence-electron chi connectivity index (χ0n) is 12.8. The van der Waals surface area contributed by atoms with Gasteiger partial charge in [-0.3, -0.25) is 4.79 Å². The van der Waals surface area contributed by atoms with E-state index in [0.29, 0.717) is 24.4 Å². The molecule has 1 heterocycles. The summed E-state index contributed by atoms with van der Waals surface area (Å²) in [5.41, 5.74) is 2.82. The van der Waals surface area contributed by atoms with E-state index in [1.54, 1.807) is 0 Å². The Bertz CT molecular complexity index is 453. The van der Waals surface area contributed by atoms with Gasteiger partial charge in [0.1, 0.15) is 6.07 Å². The predicted octanol–water partition coefficient (Wildman–Crippen LogP) is 3.38. The Labute approximate surface area is 116 Å². The van der Waals surface area contributed by atoms with Crippen molar-refractivity contribution in [1.29, 1.82) is 5.26 Å². The number of methoxy groups -OCH3 is 1. The fourth-order valence-electron chi connectivity index (χ4n) is 2.04. The normalized spacial score (nSPS) is 9.58. The average Bonchev–Trinajstić information content (AvgIpc) is 2.74. The van der Waals surface area contributed by atoms with E-state index in [0.717, 1.165) is 11.3 Å². The van der Waals surface area contributed by atoms with E-state index >= 15 is 0 Å². The van der Waals surface area contributed by atoms with E-state index < -0.39 is 0 Å². The highest BCUT2D eigenvalue weighted by Gasteiger charge is 2.15. The molecule has 0 atom stereocenters. The number of aromatic nitrogens is 1. The minimum atomic E-state index is -0.234. The van der Waals surface area contributed by atoms with Crippen LogP contribution in [0.1, 0.15) is 56.9 Å². The summed E-state index contributed by atoms with van der Waals surface area (Å²) in [6.45, 7) is 10.7. The molecule has 0 aromatic carbocycles. The SMILES string of the molecule is CC.COC(=O)CCn1cc(C#N)c(C(C)C)c1C. The molecule has 1 aromatic rings. The number of nitrogens with zero attached hydrogens (tertiary/aromatic N) is 2. The standard InChI is InChI=1S/C13H18N2O2.C2H6/c1-9(2)13-10(3)15(8-11(13)7-14)6-5-12(16)17-4;1-2/h8-9H,5-6H2,1-4H3;1-2H3. The van der Waals surface area contributed by atoms with Crippen LogP contribution in [0.15, 0.2) is 6.20 Å². The second kappa shape index (κ2) is 8.36. The van der Waals surface area contributed by atoms with Crippen molar-refractivity contribution >= 4 is 5.97 Å². The summed E-state index contributed by atoms with van der Waals surface area (Å²) in [5.74, 6) is 0.0757. The molecule has 0 saturated heterocycles. The second-order valence-electron chi connectivity index (χ2n) is 4.33. The number of hydrogen-bond acceptors (Lipinski definition) is 3. The zero-order valence-corrected chi connectivity index (χ0v) is 12.8. The molecule has 0 unspecified atom stereocenters. The number of hydrogen-bond donors (Lipinski definition) is 0. The molecule has 0 fully saturated rings. The van der Waals surface area contributed by atoms with Crippen LogP contribution in [-0.4, -0.2) is 17.6 Å². The Balaban J connectivity index is 0.00000154. The lowest BCUT2D eigenvalue weighted by Gasteiger charge is -2.08. The van der Waals surface area contributed by atoms with Crippen molar-refractivity contribution in [2.75, 3.05) is 7.11 Å². The van der Waals surface area contributed by atoms with Gasteiger partial charge in [-0.1, -0.05) is 27.7 Å². The lowest BCUT2D eigenvalue weighted by molar-refractivity contribution is -0.140. The maximum Gasteiger partial charge on any atom is 0.307 e. The van der Waals surface area contributed by atoms with Crippen molar-refractivity contribution < 1.29 is 9.53 Å². The molecule has 0 aliphatic carbocycles. The Morgan fingerprint density at radius 3 is 2.42 bits per heavy atom. The fraction of sp³-hybridized carbons (Fsp3) is 0.600. The van der Waals surface area contributed by atoms with Crippen LogP contribution in [0.2, 0.25) is 0 Å². The number of carbonyl (C=O) groups is 1. The predicted molar refractivity (Wildman–Crippen MR) is 76.0 cm³/mol. The third-order valence-corrected chi connectivity index (χ3v) is 2.88. The summed E-state index contributed by atoms with van der Waals surface area (Å²) in [7, 11) is 1.38. The van der Waals surface area contributed by atoms with Crippen molar-refractivity contribution in [3.63, 3.8) is 0 Å². The molecule has 0 aliphatic rings. The van der Waals surface area contributed by atoms with E-state index in [1.807, 2.05) is 31.5 Å². The topological polar surface area (TPSA) is 55.0 Å². The van der Waals surface area contributed by atoms with Gasteiger partial charge in [-0.25, -0.2) is 0 Å². The minimum absolute atomic E-state index is 0.234. The highest BCUT2D eigenvalue weighted by molar-refractivity contribution is 5.69. The highest BCUT2D eigenvalue weighted by atomic mass is 16.5. The zero-order chi connectivity index (χ0) is 15.0. The van der Waals surface area contributed by atoms with Crippen molar-refractivity contribution in [2.24, 2.45) is 0 Å². The van der Waals surface area contributed by atoms with Crippen LogP contribution in [0.5, 0.6) is 0 Å². The summed E-state index contributed by atoms with van der Waals surface area (Å²) < 4.78 is 6.55. The van der Waals surface area contributed by atoms with Crippen LogP contribution in [0.25, 0.3) is 0 Å². The summed E-state index contributed by atoms with van der Waals surface area (Å²) in [5, 5.41) is 9.07. The van der Waals surface area contributed by atoms with Gasteiger partial charge in [0, 0.05) is 18.4 Å². The van der Waals surface area contributed by atoms with Crippen LogP contribution < -0.4 is 0 Å². The molecule has 0 spiro atoms. The Kier molecular flexibility index (Phi) is 7.59. The Hall–Kier alpha value is -1.76. The van der Waals surface area contributed by atoms with E-state index in [-0.39, 0.29) is 5.97 Å². The molecule has 19 heavy (non-hydrogen) atoms. The summed E-state index contributed by atoms with van der Waals surface area (Å²) in [6.07, 6.45) is 2.14. The number of rotatable bonds is 4. The maximum absolute atomic E-state index is 11.1. The largest absolute Gasteiger partial charge is 0.469 e. The van der Waals surface area contributed by atoms with E-state index in [4.69, 9.17) is 5.26 Å². The molecule has 0 aliphatic heterocycles. The molecule has 4 heteroatoms. The van der Waals surface area contributed by atoms with Crippen LogP contribution in [0.3, 0.4) is 0 Å². The van der Waals surface area contributed by atoms with Gasteiger partial charge >= 0.3 is 5.97 Å². The number of esters is 1. The van der Waals surface area contributed by atoms with Crippen LogP contribution in [-0.2, 0) is 16.1 Å². The molecule has 0 saturated carbocycles. The number of carbonyl (C=O) groups excluding carboxylic acids is 1. The first-order valence-electron chi connectivity index (χ1n) is 6.67. The quantitative estimate of drug-likeness (QED) is 0.783. The smallest absolute Gasteiger partial charge is 0.307 e. The van der Waals surface area contributed by atoms with E-state index in [9.17, 15) is 4.79 Å². The molecule has 106 valence electrons. The molecule has 4 nitrogen and oxygen atoms in total. The second-order valence-corrected chi connectivity index (χ2v) is 4.33. The first-order chi connectivity index (χ1) is 9.01. The van der Waals surface area contributed by atoms with Crippen LogP contribution in [0.4, 0.5) is 0 Å². The summed E-state index contributed by atoms with van der Waals surface area (Å²) >= 11 is 0. The van der Waals surface area contributed by atoms with Gasteiger partial charge in [0.25, 0.3) is 0 Å². The summed E-state index contributed by atoms with van der Waals surface area (Å²) in [4.78, 5) is 11.1. The van der Waals surface area contributed by atoms with Crippen LogP contribution in [0, 0.1) is 18.3 Å². The lowest BCUT2D eigenvalue weighted by atomic mass is 10.00. The lowest BCUT2D eigenvalue weighted by Crippen LogP contribution is -2.07. The van der Waals surface area contributed by atoms with Gasteiger partial charge < -0.3 is 9.30 Å². The van der Waals surface area contributed by atoms with Crippen molar-refractivity contribution in [3.05, 3.63) is 23.0 Å². The third kappa shape index (κ3) is 4.44. The summed E-state index contributed by atoms with van der Waals surface area (Å²) in [6, 6.07) is 2.20. The van der Waals surface area contributed by atoms with E-state index in [1.165, 1.54) is 7.11 Å². The fourth-order valence-corrected chi connectivity index (χ4v) is 2.04. The van der Waals surface area contributed by atoms with Gasteiger partial charge in [0.05, 0.1) is 19.1 Å². The van der Waals surface area contributed by atoms with Gasteiger partial charge in [0.15, 0.2) is 0 Å². The number of aryl methyl sites for hydroxylation is 1.